The van der Waals surface area contributed by atoms with Gasteiger partial charge in [0.2, 0.25) is 0 Å². The molecule has 3 rings (SSSR count). The van der Waals surface area contributed by atoms with Crippen LogP contribution in [0.1, 0.15) is 0 Å². The van der Waals surface area contributed by atoms with Crippen LogP contribution in [0.15, 0.2) is 60.7 Å². The standard InChI is InChI=1S/C17H10F4O/c18-16-14-7-2-1-4-11(14)8-9-15(16)12-5-3-6-13(10-12)22-17(19,20)21/h1-10H. The maximum Gasteiger partial charge on any atom is 0.573 e. The fraction of sp³-hybridized carbons (Fsp3) is 0.0588. The van der Waals surface area contributed by atoms with Crippen molar-refractivity contribution in [3.63, 3.8) is 0 Å². The van der Waals surface area contributed by atoms with Crippen LogP contribution >= 0.6 is 0 Å². The van der Waals surface area contributed by atoms with Crippen molar-refractivity contribution in [1.82, 2.24) is 0 Å². The quantitative estimate of drug-likeness (QED) is 0.564. The van der Waals surface area contributed by atoms with Crippen LogP contribution in [0.4, 0.5) is 17.6 Å². The van der Waals surface area contributed by atoms with Gasteiger partial charge in [-0.15, -0.1) is 13.2 Å². The number of alkyl halides is 3. The van der Waals surface area contributed by atoms with Gasteiger partial charge in [0.05, 0.1) is 0 Å². The molecule has 3 aromatic carbocycles. The number of hydrogen-bond acceptors (Lipinski definition) is 1. The van der Waals surface area contributed by atoms with Crippen molar-refractivity contribution in [2.24, 2.45) is 0 Å². The highest BCUT2D eigenvalue weighted by Crippen LogP contribution is 2.32. The molecule has 5 heteroatoms. The molecule has 0 aliphatic carbocycles. The number of rotatable bonds is 2. The van der Waals surface area contributed by atoms with Gasteiger partial charge in [0.25, 0.3) is 0 Å². The molecule has 0 aliphatic rings. The van der Waals surface area contributed by atoms with Crippen molar-refractivity contribution < 1.29 is 22.3 Å². The summed E-state index contributed by atoms with van der Waals surface area (Å²) in [5.74, 6) is -0.847. The van der Waals surface area contributed by atoms with E-state index in [9.17, 15) is 17.6 Å². The molecule has 112 valence electrons. The number of halogens is 4. The lowest BCUT2D eigenvalue weighted by Gasteiger charge is -2.11. The summed E-state index contributed by atoms with van der Waals surface area (Å²) in [5.41, 5.74) is 0.552. The molecule has 0 radical (unpaired) electrons. The third-order valence-corrected chi connectivity index (χ3v) is 3.24. The lowest BCUT2D eigenvalue weighted by molar-refractivity contribution is -0.274. The van der Waals surface area contributed by atoms with E-state index in [1.807, 2.05) is 0 Å². The zero-order chi connectivity index (χ0) is 15.7. The van der Waals surface area contributed by atoms with E-state index in [0.29, 0.717) is 10.9 Å². The van der Waals surface area contributed by atoms with Gasteiger partial charge in [0.1, 0.15) is 11.6 Å². The molecule has 22 heavy (non-hydrogen) atoms. The smallest absolute Gasteiger partial charge is 0.406 e. The Morgan fingerprint density at radius 1 is 0.818 bits per heavy atom. The van der Waals surface area contributed by atoms with Gasteiger partial charge in [0, 0.05) is 10.9 Å². The van der Waals surface area contributed by atoms with Crippen LogP contribution in [-0.4, -0.2) is 6.36 Å². The zero-order valence-electron chi connectivity index (χ0n) is 11.2. The largest absolute Gasteiger partial charge is 0.573 e. The summed E-state index contributed by atoms with van der Waals surface area (Å²) in [7, 11) is 0. The Morgan fingerprint density at radius 3 is 2.36 bits per heavy atom. The van der Waals surface area contributed by atoms with E-state index < -0.39 is 12.2 Å². The predicted octanol–water partition coefficient (Wildman–Crippen LogP) is 5.54. The van der Waals surface area contributed by atoms with Crippen LogP contribution in [0.5, 0.6) is 5.75 Å². The lowest BCUT2D eigenvalue weighted by Crippen LogP contribution is -2.17. The van der Waals surface area contributed by atoms with Gasteiger partial charge in [-0.25, -0.2) is 4.39 Å². The normalized spacial score (nSPS) is 11.6. The summed E-state index contributed by atoms with van der Waals surface area (Å²) in [6.07, 6.45) is -4.78. The van der Waals surface area contributed by atoms with Gasteiger partial charge in [-0.3, -0.25) is 0 Å². The Morgan fingerprint density at radius 2 is 1.59 bits per heavy atom. The van der Waals surface area contributed by atoms with Gasteiger partial charge in [-0.05, 0) is 23.1 Å². The molecule has 0 amide bonds. The van der Waals surface area contributed by atoms with E-state index in [0.717, 1.165) is 5.39 Å². The molecule has 0 aliphatic heterocycles. The maximum absolute atomic E-state index is 14.6. The summed E-state index contributed by atoms with van der Waals surface area (Å²) in [6, 6.07) is 15.4. The average molecular weight is 306 g/mol. The van der Waals surface area contributed by atoms with Crippen LogP contribution in [0.3, 0.4) is 0 Å². The second kappa shape index (κ2) is 5.33. The molecule has 0 aromatic heterocycles. The monoisotopic (exact) mass is 306 g/mol. The molecule has 0 N–H and O–H groups in total. The molecular formula is C17H10F4O. The van der Waals surface area contributed by atoms with Crippen LogP contribution in [0, 0.1) is 5.82 Å². The number of fused-ring (bicyclic) bond motifs is 1. The first-order valence-electron chi connectivity index (χ1n) is 6.47. The average Bonchev–Trinajstić information content (AvgIpc) is 2.46. The third-order valence-electron chi connectivity index (χ3n) is 3.24. The van der Waals surface area contributed by atoms with E-state index in [-0.39, 0.29) is 11.3 Å². The van der Waals surface area contributed by atoms with Gasteiger partial charge >= 0.3 is 6.36 Å². The molecule has 0 saturated heterocycles. The molecule has 0 saturated carbocycles. The Balaban J connectivity index is 2.08. The summed E-state index contributed by atoms with van der Waals surface area (Å²) in [5, 5.41) is 1.15. The van der Waals surface area contributed by atoms with Crippen molar-refractivity contribution >= 4 is 10.8 Å². The number of hydrogen-bond donors (Lipinski definition) is 0. The van der Waals surface area contributed by atoms with Crippen LogP contribution in [-0.2, 0) is 0 Å². The van der Waals surface area contributed by atoms with Gasteiger partial charge in [0.15, 0.2) is 0 Å². The van der Waals surface area contributed by atoms with E-state index in [2.05, 4.69) is 4.74 Å². The summed E-state index contributed by atoms with van der Waals surface area (Å²) in [6.45, 7) is 0. The van der Waals surface area contributed by atoms with Gasteiger partial charge in [-0.1, -0.05) is 48.5 Å². The van der Waals surface area contributed by atoms with Gasteiger partial charge < -0.3 is 4.74 Å². The molecule has 0 fully saturated rings. The first kappa shape index (κ1) is 14.4. The Kier molecular flexibility index (Phi) is 3.48. The highest BCUT2D eigenvalue weighted by atomic mass is 19.4. The van der Waals surface area contributed by atoms with Gasteiger partial charge in [-0.2, -0.15) is 0 Å². The highest BCUT2D eigenvalue weighted by molar-refractivity contribution is 5.88. The first-order chi connectivity index (χ1) is 10.4. The molecule has 0 atom stereocenters. The minimum absolute atomic E-state index is 0.228. The summed E-state index contributed by atoms with van der Waals surface area (Å²) in [4.78, 5) is 0. The van der Waals surface area contributed by atoms with Crippen LogP contribution in [0.2, 0.25) is 0 Å². The molecule has 0 heterocycles. The van der Waals surface area contributed by atoms with Crippen molar-refractivity contribution in [3.8, 4) is 16.9 Å². The predicted molar refractivity (Wildman–Crippen MR) is 76.0 cm³/mol. The van der Waals surface area contributed by atoms with E-state index in [1.165, 1.54) is 24.3 Å². The number of ether oxygens (including phenoxy) is 1. The van der Waals surface area contributed by atoms with E-state index in [4.69, 9.17) is 0 Å². The Bertz CT molecular complexity index is 824. The molecule has 0 unspecified atom stereocenters. The van der Waals surface area contributed by atoms with Crippen molar-refractivity contribution in [2.75, 3.05) is 0 Å². The van der Waals surface area contributed by atoms with E-state index in [1.54, 1.807) is 36.4 Å². The second-order valence-electron chi connectivity index (χ2n) is 4.72. The van der Waals surface area contributed by atoms with Crippen LogP contribution in [0.25, 0.3) is 21.9 Å². The lowest BCUT2D eigenvalue weighted by atomic mass is 10.0. The molecular weight excluding hydrogens is 296 g/mol. The van der Waals surface area contributed by atoms with E-state index >= 15 is 0 Å². The summed E-state index contributed by atoms with van der Waals surface area (Å²) >= 11 is 0. The highest BCUT2D eigenvalue weighted by Gasteiger charge is 2.31. The third kappa shape index (κ3) is 2.88. The SMILES string of the molecule is Fc1c(-c2cccc(OC(F)(F)F)c2)ccc2ccccc12. The topological polar surface area (TPSA) is 9.23 Å². The van der Waals surface area contributed by atoms with Crippen LogP contribution < -0.4 is 4.74 Å². The minimum atomic E-state index is -4.78. The first-order valence-corrected chi connectivity index (χ1v) is 6.47. The fourth-order valence-electron chi connectivity index (χ4n) is 2.32. The number of benzene rings is 3. The molecule has 3 aromatic rings. The Labute approximate surface area is 123 Å². The minimum Gasteiger partial charge on any atom is -0.406 e. The molecule has 0 spiro atoms. The Hall–Kier alpha value is -2.56. The summed E-state index contributed by atoms with van der Waals surface area (Å²) < 4.78 is 55.2. The van der Waals surface area contributed by atoms with Crippen molar-refractivity contribution in [1.29, 1.82) is 0 Å². The molecule has 0 bridgehead atoms. The second-order valence-corrected chi connectivity index (χ2v) is 4.72. The van der Waals surface area contributed by atoms with Crippen molar-refractivity contribution in [3.05, 3.63) is 66.5 Å². The molecule has 1 nitrogen and oxygen atoms in total. The van der Waals surface area contributed by atoms with Crippen molar-refractivity contribution in [2.45, 2.75) is 6.36 Å². The zero-order valence-corrected chi connectivity index (χ0v) is 11.2. The maximum atomic E-state index is 14.6. The fourth-order valence-corrected chi connectivity index (χ4v) is 2.32.